The van der Waals surface area contributed by atoms with E-state index in [4.69, 9.17) is 14.2 Å². The van der Waals surface area contributed by atoms with Crippen molar-refractivity contribution in [3.8, 4) is 5.75 Å². The van der Waals surface area contributed by atoms with Gasteiger partial charge in [-0.1, -0.05) is 12.1 Å². The van der Waals surface area contributed by atoms with Gasteiger partial charge in [-0.3, -0.25) is 4.79 Å². The van der Waals surface area contributed by atoms with Crippen molar-refractivity contribution in [2.45, 2.75) is 82.8 Å². The van der Waals surface area contributed by atoms with Crippen molar-refractivity contribution in [3.63, 3.8) is 0 Å². The van der Waals surface area contributed by atoms with Crippen LogP contribution in [0.1, 0.15) is 71.3 Å². The third-order valence-corrected chi connectivity index (χ3v) is 9.05. The van der Waals surface area contributed by atoms with Gasteiger partial charge in [-0.25, -0.2) is 9.18 Å². The lowest BCUT2D eigenvalue weighted by Gasteiger charge is -2.60. The van der Waals surface area contributed by atoms with Gasteiger partial charge in [0, 0.05) is 37.3 Å². The van der Waals surface area contributed by atoms with Gasteiger partial charge in [-0.2, -0.15) is 0 Å². The van der Waals surface area contributed by atoms with Crippen LogP contribution in [0.25, 0.3) is 0 Å². The molecule has 4 bridgehead atoms. The highest BCUT2D eigenvalue weighted by Gasteiger charge is 2.57. The van der Waals surface area contributed by atoms with Gasteiger partial charge in [-0.05, 0) is 107 Å². The number of nitrogens with one attached hydrogen (secondary N) is 2. The normalized spacial score (nSPS) is 30.6. The standard InChI is InChI=1S/C31H43FN2O5/c1-30(2,3)39-29(36)33-18-21(17-32)19-38-26-6-4-24(5-7-26)31-14-20-12-22(15-31)27(23(13-20)16-31)28(35)34-25-8-10-37-11-9-25/h4-7,17,20,22-23,25,27H,8-16,18-19H2,1-3H3,(H,33,36)(H,34,35)/b21-17+. The molecule has 8 heteroatoms. The fraction of sp³-hybridized carbons (Fsp3) is 0.677. The summed E-state index contributed by atoms with van der Waals surface area (Å²) >= 11 is 0. The molecule has 0 spiro atoms. The van der Waals surface area contributed by atoms with Crippen molar-refractivity contribution in [3.05, 3.63) is 41.7 Å². The van der Waals surface area contributed by atoms with E-state index in [1.807, 2.05) is 12.1 Å². The van der Waals surface area contributed by atoms with Gasteiger partial charge in [0.25, 0.3) is 0 Å². The summed E-state index contributed by atoms with van der Waals surface area (Å²) in [6, 6.07) is 8.47. The molecule has 5 aliphatic rings. The predicted octanol–water partition coefficient (Wildman–Crippen LogP) is 5.43. The van der Waals surface area contributed by atoms with Crippen molar-refractivity contribution in [2.24, 2.45) is 23.7 Å². The highest BCUT2D eigenvalue weighted by Crippen LogP contribution is 2.63. The minimum Gasteiger partial charge on any atom is -0.489 e. The minimum atomic E-state index is -0.614. The van der Waals surface area contributed by atoms with E-state index in [-0.39, 0.29) is 36.4 Å². The molecule has 39 heavy (non-hydrogen) atoms. The van der Waals surface area contributed by atoms with Crippen LogP contribution in [0, 0.1) is 23.7 Å². The van der Waals surface area contributed by atoms with Gasteiger partial charge in [0.2, 0.25) is 5.91 Å². The first-order chi connectivity index (χ1) is 18.6. The van der Waals surface area contributed by atoms with Crippen LogP contribution in [0.5, 0.6) is 5.75 Å². The summed E-state index contributed by atoms with van der Waals surface area (Å²) in [5, 5.41) is 5.92. The number of alkyl carbamates (subject to hydrolysis) is 1. The Labute approximate surface area is 231 Å². The lowest BCUT2D eigenvalue weighted by molar-refractivity contribution is -0.141. The number of benzene rings is 1. The second-order valence-corrected chi connectivity index (χ2v) is 13.1. The maximum atomic E-state index is 13.4. The van der Waals surface area contributed by atoms with Gasteiger partial charge < -0.3 is 24.8 Å². The zero-order valence-electron chi connectivity index (χ0n) is 23.5. The van der Waals surface area contributed by atoms with Gasteiger partial charge in [0.1, 0.15) is 18.0 Å². The number of hydrogen-bond donors (Lipinski definition) is 2. The lowest BCUT2D eigenvalue weighted by Crippen LogP contribution is -2.57. The molecule has 1 heterocycles. The SMILES string of the molecule is CC(C)(C)OC(=O)NC/C(=C\F)COc1ccc(C23CC4CC(C2)C(C(=O)NC2CCOCC2)C(C4)C3)cc1. The second kappa shape index (κ2) is 11.5. The third kappa shape index (κ3) is 6.59. The van der Waals surface area contributed by atoms with Crippen LogP contribution in [-0.2, 0) is 19.7 Å². The first kappa shape index (κ1) is 27.9. The first-order valence-corrected chi connectivity index (χ1v) is 14.5. The molecule has 4 saturated carbocycles. The highest BCUT2D eigenvalue weighted by molar-refractivity contribution is 5.80. The zero-order valence-corrected chi connectivity index (χ0v) is 23.5. The molecule has 0 radical (unpaired) electrons. The molecule has 214 valence electrons. The molecule has 1 aromatic rings. The van der Waals surface area contributed by atoms with Crippen molar-refractivity contribution < 1.29 is 28.2 Å². The Bertz CT molecular complexity index is 1040. The van der Waals surface area contributed by atoms with Crippen LogP contribution in [0.4, 0.5) is 9.18 Å². The van der Waals surface area contributed by atoms with Crippen molar-refractivity contribution in [1.29, 1.82) is 0 Å². The number of rotatable bonds is 8. The maximum absolute atomic E-state index is 13.4. The van der Waals surface area contributed by atoms with Crippen molar-refractivity contribution in [1.82, 2.24) is 10.6 Å². The lowest BCUT2D eigenvalue weighted by atomic mass is 9.44. The van der Waals surface area contributed by atoms with E-state index in [1.165, 1.54) is 24.8 Å². The summed E-state index contributed by atoms with van der Waals surface area (Å²) in [6.07, 6.45) is 7.37. The number of carbonyl (C=O) groups is 2. The molecule has 1 saturated heterocycles. The molecule has 2 unspecified atom stereocenters. The second-order valence-electron chi connectivity index (χ2n) is 13.1. The molecular formula is C31H43FN2O5. The summed E-state index contributed by atoms with van der Waals surface area (Å²) in [5.41, 5.74) is 1.16. The summed E-state index contributed by atoms with van der Waals surface area (Å²) in [5.74, 6) is 2.66. The number of amides is 2. The molecule has 7 nitrogen and oxygen atoms in total. The summed E-state index contributed by atoms with van der Waals surface area (Å²) in [7, 11) is 0. The number of halogens is 1. The quantitative estimate of drug-likeness (QED) is 0.457. The zero-order chi connectivity index (χ0) is 27.6. The highest BCUT2D eigenvalue weighted by atomic mass is 19.1. The average molecular weight is 543 g/mol. The van der Waals surface area contributed by atoms with Crippen LogP contribution in [0.2, 0.25) is 0 Å². The van der Waals surface area contributed by atoms with Crippen molar-refractivity contribution >= 4 is 12.0 Å². The summed E-state index contributed by atoms with van der Waals surface area (Å²) in [6.45, 7) is 6.85. The molecule has 4 aliphatic carbocycles. The van der Waals surface area contributed by atoms with E-state index in [1.54, 1.807) is 20.8 Å². The molecule has 2 amide bonds. The van der Waals surface area contributed by atoms with Gasteiger partial charge in [0.05, 0.1) is 6.33 Å². The van der Waals surface area contributed by atoms with E-state index in [2.05, 4.69) is 22.8 Å². The maximum Gasteiger partial charge on any atom is 0.407 e. The average Bonchev–Trinajstić information content (AvgIpc) is 2.88. The Balaban J connectivity index is 1.16. The smallest absolute Gasteiger partial charge is 0.407 e. The fourth-order valence-electron chi connectivity index (χ4n) is 7.65. The molecule has 6 rings (SSSR count). The monoisotopic (exact) mass is 542 g/mol. The molecular weight excluding hydrogens is 499 g/mol. The molecule has 5 fully saturated rings. The van der Waals surface area contributed by atoms with E-state index in [0.717, 1.165) is 38.9 Å². The topological polar surface area (TPSA) is 85.9 Å². The number of hydrogen-bond acceptors (Lipinski definition) is 5. The van der Waals surface area contributed by atoms with Crippen LogP contribution in [0.3, 0.4) is 0 Å². The van der Waals surface area contributed by atoms with E-state index in [9.17, 15) is 14.0 Å². The molecule has 1 aromatic carbocycles. The minimum absolute atomic E-state index is 0.0139. The predicted molar refractivity (Wildman–Crippen MR) is 146 cm³/mol. The largest absolute Gasteiger partial charge is 0.489 e. The van der Waals surface area contributed by atoms with E-state index < -0.39 is 11.7 Å². The van der Waals surface area contributed by atoms with Crippen LogP contribution < -0.4 is 15.4 Å². The van der Waals surface area contributed by atoms with Gasteiger partial charge in [-0.15, -0.1) is 0 Å². The molecule has 0 aromatic heterocycles. The Hall–Kier alpha value is -2.61. The van der Waals surface area contributed by atoms with E-state index >= 15 is 0 Å². The van der Waals surface area contributed by atoms with Crippen molar-refractivity contribution in [2.75, 3.05) is 26.4 Å². The van der Waals surface area contributed by atoms with Crippen LogP contribution >= 0.6 is 0 Å². The van der Waals surface area contributed by atoms with Gasteiger partial charge >= 0.3 is 6.09 Å². The Morgan fingerprint density at radius 3 is 2.36 bits per heavy atom. The Morgan fingerprint density at radius 2 is 1.74 bits per heavy atom. The molecule has 2 N–H and O–H groups in total. The summed E-state index contributed by atoms with van der Waals surface area (Å²) < 4.78 is 29.9. The van der Waals surface area contributed by atoms with Gasteiger partial charge in [0.15, 0.2) is 0 Å². The van der Waals surface area contributed by atoms with E-state index in [0.29, 0.717) is 35.4 Å². The Morgan fingerprint density at radius 1 is 1.08 bits per heavy atom. The fourth-order valence-corrected chi connectivity index (χ4v) is 7.65. The summed E-state index contributed by atoms with van der Waals surface area (Å²) in [4.78, 5) is 25.2. The van der Waals surface area contributed by atoms with Crippen LogP contribution in [-0.4, -0.2) is 50.0 Å². The Kier molecular flexibility index (Phi) is 8.22. The molecule has 2 atom stereocenters. The number of ether oxygens (including phenoxy) is 3. The first-order valence-electron chi connectivity index (χ1n) is 14.5. The number of carbonyl (C=O) groups excluding carboxylic acids is 2. The molecule has 1 aliphatic heterocycles. The van der Waals surface area contributed by atoms with Crippen LogP contribution in [0.15, 0.2) is 36.2 Å². The third-order valence-electron chi connectivity index (χ3n) is 9.05.